The Hall–Kier alpha value is -0.311. The fourth-order valence-electron chi connectivity index (χ4n) is 3.58. The summed E-state index contributed by atoms with van der Waals surface area (Å²) in [6, 6.07) is 8.82. The third-order valence-corrected chi connectivity index (χ3v) is 20.8. The average Bonchev–Trinajstić information content (AvgIpc) is 2.61. The van der Waals surface area contributed by atoms with Crippen LogP contribution in [0.15, 0.2) is 24.3 Å². The number of Topliss-reactive ketones (excluding diaryl/α,β-unsaturated/α-hetero) is 1. The van der Waals surface area contributed by atoms with Gasteiger partial charge in [-0.3, -0.25) is 0 Å². The first kappa shape index (κ1) is 20.7. The van der Waals surface area contributed by atoms with Gasteiger partial charge in [-0.1, -0.05) is 0 Å². The summed E-state index contributed by atoms with van der Waals surface area (Å²) >= 11 is -2.37. The van der Waals surface area contributed by atoms with E-state index in [-0.39, 0.29) is 0 Å². The number of hydrogen-bond acceptors (Lipinski definition) is 1. The Morgan fingerprint density at radius 1 is 0.870 bits per heavy atom. The van der Waals surface area contributed by atoms with Crippen LogP contribution < -0.4 is 3.58 Å². The molecule has 1 rings (SSSR count). The Bertz CT molecular complexity index is 445. The predicted molar refractivity (Wildman–Crippen MR) is 106 cm³/mol. The second-order valence-electron chi connectivity index (χ2n) is 6.95. The van der Waals surface area contributed by atoms with Crippen molar-refractivity contribution in [2.24, 2.45) is 0 Å². The minimum absolute atomic E-state index is 0.300. The molecule has 0 amide bonds. The van der Waals surface area contributed by atoms with E-state index < -0.39 is 18.4 Å². The van der Waals surface area contributed by atoms with Crippen LogP contribution in [0.1, 0.15) is 83.0 Å². The van der Waals surface area contributed by atoms with Gasteiger partial charge in [0, 0.05) is 0 Å². The van der Waals surface area contributed by atoms with Gasteiger partial charge < -0.3 is 0 Å². The number of rotatable bonds is 12. The van der Waals surface area contributed by atoms with Gasteiger partial charge in [0.05, 0.1) is 0 Å². The van der Waals surface area contributed by atoms with E-state index in [1.807, 2.05) is 13.0 Å². The van der Waals surface area contributed by atoms with Crippen LogP contribution in [0.5, 0.6) is 0 Å². The topological polar surface area (TPSA) is 17.1 Å². The van der Waals surface area contributed by atoms with Crippen molar-refractivity contribution in [2.45, 2.75) is 86.0 Å². The molecule has 0 N–H and O–H groups in total. The van der Waals surface area contributed by atoms with Gasteiger partial charge in [0.2, 0.25) is 0 Å². The molecule has 2 heteroatoms. The molecule has 1 aromatic carbocycles. The number of carbonyl (C=O) groups is 1. The molecular formula is C21H36OSn. The van der Waals surface area contributed by atoms with Crippen molar-refractivity contribution in [1.82, 2.24) is 0 Å². The number of carbonyl (C=O) groups excluding carboxylic acids is 1. The molecule has 1 aromatic rings. The van der Waals surface area contributed by atoms with Gasteiger partial charge >= 0.3 is 148 Å². The van der Waals surface area contributed by atoms with Crippen LogP contribution in [0.2, 0.25) is 13.3 Å². The SMILES string of the molecule is CCC[CH2][Sn]([CH2]CCC)([CH2]CCC)[c]1cccc(C(=O)CC)c1. The zero-order valence-electron chi connectivity index (χ0n) is 15.8. The van der Waals surface area contributed by atoms with Gasteiger partial charge in [0.15, 0.2) is 0 Å². The number of hydrogen-bond donors (Lipinski definition) is 0. The fraction of sp³-hybridized carbons (Fsp3) is 0.667. The van der Waals surface area contributed by atoms with E-state index >= 15 is 0 Å². The van der Waals surface area contributed by atoms with Crippen LogP contribution in [0, 0.1) is 0 Å². The molecule has 0 radical (unpaired) electrons. The zero-order chi connectivity index (χ0) is 17.1. The van der Waals surface area contributed by atoms with E-state index in [1.54, 1.807) is 3.58 Å². The molecule has 0 heterocycles. The van der Waals surface area contributed by atoms with E-state index in [4.69, 9.17) is 0 Å². The van der Waals surface area contributed by atoms with Crippen LogP contribution in [0.25, 0.3) is 0 Å². The summed E-state index contributed by atoms with van der Waals surface area (Å²) in [4.78, 5) is 12.2. The Kier molecular flexibility index (Phi) is 10.2. The van der Waals surface area contributed by atoms with Gasteiger partial charge in [-0.25, -0.2) is 0 Å². The first-order valence-electron chi connectivity index (χ1n) is 9.77. The molecule has 0 aliphatic rings. The van der Waals surface area contributed by atoms with Crippen molar-refractivity contribution in [1.29, 1.82) is 0 Å². The van der Waals surface area contributed by atoms with Crippen molar-refractivity contribution in [2.75, 3.05) is 0 Å². The average molecular weight is 423 g/mol. The predicted octanol–water partition coefficient (Wildman–Crippen LogP) is 6.34. The molecule has 0 saturated carbocycles. The molecule has 130 valence electrons. The van der Waals surface area contributed by atoms with Crippen molar-refractivity contribution in [3.63, 3.8) is 0 Å². The van der Waals surface area contributed by atoms with Crippen LogP contribution >= 0.6 is 0 Å². The Morgan fingerprint density at radius 3 is 1.83 bits per heavy atom. The first-order valence-corrected chi connectivity index (χ1v) is 17.2. The van der Waals surface area contributed by atoms with Crippen LogP contribution in [0.3, 0.4) is 0 Å². The van der Waals surface area contributed by atoms with Crippen LogP contribution in [0.4, 0.5) is 0 Å². The summed E-state index contributed by atoms with van der Waals surface area (Å²) < 4.78 is 6.02. The van der Waals surface area contributed by atoms with Gasteiger partial charge in [-0.05, 0) is 0 Å². The van der Waals surface area contributed by atoms with E-state index in [1.165, 1.54) is 51.8 Å². The summed E-state index contributed by atoms with van der Waals surface area (Å²) in [6.07, 6.45) is 8.62. The second kappa shape index (κ2) is 11.3. The summed E-state index contributed by atoms with van der Waals surface area (Å²) in [7, 11) is 0. The summed E-state index contributed by atoms with van der Waals surface area (Å²) in [6.45, 7) is 8.91. The third kappa shape index (κ3) is 6.25. The minimum atomic E-state index is -2.37. The Balaban J connectivity index is 3.20. The number of unbranched alkanes of at least 4 members (excludes halogenated alkanes) is 3. The van der Waals surface area contributed by atoms with Crippen molar-refractivity contribution in [3.05, 3.63) is 29.8 Å². The normalized spacial score (nSPS) is 11.7. The number of ketones is 1. The van der Waals surface area contributed by atoms with Gasteiger partial charge in [-0.2, -0.15) is 0 Å². The molecule has 0 bridgehead atoms. The monoisotopic (exact) mass is 424 g/mol. The second-order valence-corrected chi connectivity index (χ2v) is 20.2. The quantitative estimate of drug-likeness (QED) is 0.284. The molecule has 0 aliphatic carbocycles. The van der Waals surface area contributed by atoms with Gasteiger partial charge in [0.1, 0.15) is 0 Å². The summed E-state index contributed by atoms with van der Waals surface area (Å²) in [5.41, 5.74) is 0.954. The summed E-state index contributed by atoms with van der Waals surface area (Å²) in [5, 5.41) is 0. The van der Waals surface area contributed by atoms with Crippen LogP contribution in [-0.4, -0.2) is 24.2 Å². The molecule has 0 aliphatic heterocycles. The van der Waals surface area contributed by atoms with Gasteiger partial charge in [0.25, 0.3) is 0 Å². The molecule has 0 spiro atoms. The van der Waals surface area contributed by atoms with Crippen molar-refractivity contribution in [3.8, 4) is 0 Å². The van der Waals surface area contributed by atoms with E-state index in [2.05, 4.69) is 39.0 Å². The van der Waals surface area contributed by atoms with Crippen LogP contribution in [-0.2, 0) is 0 Å². The first-order chi connectivity index (χ1) is 11.1. The number of benzene rings is 1. The zero-order valence-corrected chi connectivity index (χ0v) is 18.6. The summed E-state index contributed by atoms with van der Waals surface area (Å²) in [5.74, 6) is 0.300. The van der Waals surface area contributed by atoms with Crippen molar-refractivity contribution >= 4 is 27.7 Å². The standard InChI is InChI=1S/C9H9O.3C4H9.Sn/c1-2-9(10)8-6-4-3-5-7-8;3*1-3-4-2;/h3-4,6-7H,2H2,1H3;3*1,3-4H2,2H3;. The molecule has 23 heavy (non-hydrogen) atoms. The van der Waals surface area contributed by atoms with E-state index in [0.29, 0.717) is 12.2 Å². The molecule has 0 aromatic heterocycles. The third-order valence-electron chi connectivity index (χ3n) is 5.14. The fourth-order valence-corrected chi connectivity index (χ4v) is 19.6. The maximum atomic E-state index is 12.2. The Labute approximate surface area is 148 Å². The van der Waals surface area contributed by atoms with Gasteiger partial charge in [-0.15, -0.1) is 0 Å². The van der Waals surface area contributed by atoms with E-state index in [0.717, 1.165) is 5.56 Å². The molecule has 1 nitrogen and oxygen atoms in total. The Morgan fingerprint density at radius 2 is 1.39 bits per heavy atom. The molecule has 0 saturated heterocycles. The molecule has 0 unspecified atom stereocenters. The molecule has 0 atom stereocenters. The van der Waals surface area contributed by atoms with E-state index in [9.17, 15) is 4.79 Å². The van der Waals surface area contributed by atoms with Crippen molar-refractivity contribution < 1.29 is 4.79 Å². The molecule has 0 fully saturated rings. The molecular weight excluding hydrogens is 387 g/mol. The maximum absolute atomic E-state index is 12.2.